The van der Waals surface area contributed by atoms with Crippen LogP contribution in [0.5, 0.6) is 0 Å². The molecular formula is C17H18. The van der Waals surface area contributed by atoms with E-state index in [0.29, 0.717) is 0 Å². The van der Waals surface area contributed by atoms with E-state index in [1.807, 2.05) is 0 Å². The molecule has 0 amide bonds. The molecule has 0 aromatic heterocycles. The van der Waals surface area contributed by atoms with Crippen LogP contribution in [0.3, 0.4) is 0 Å². The zero-order valence-electron chi connectivity index (χ0n) is 10.3. The third-order valence-electron chi connectivity index (χ3n) is 5.01. The molecule has 1 aromatic carbocycles. The maximum Gasteiger partial charge on any atom is -0.00217 e. The Morgan fingerprint density at radius 2 is 1.71 bits per heavy atom. The maximum absolute atomic E-state index is 2.48. The van der Waals surface area contributed by atoms with Crippen molar-refractivity contribution in [3.8, 4) is 0 Å². The summed E-state index contributed by atoms with van der Waals surface area (Å²) < 4.78 is 0. The second kappa shape index (κ2) is 3.35. The first-order chi connectivity index (χ1) is 8.40. The van der Waals surface area contributed by atoms with Crippen molar-refractivity contribution < 1.29 is 0 Å². The Morgan fingerprint density at radius 3 is 2.41 bits per heavy atom. The summed E-state index contributed by atoms with van der Waals surface area (Å²) in [6.45, 7) is 2.32. The third-order valence-corrected chi connectivity index (χ3v) is 5.01. The first kappa shape index (κ1) is 9.70. The van der Waals surface area contributed by atoms with E-state index in [-0.39, 0.29) is 0 Å². The van der Waals surface area contributed by atoms with Gasteiger partial charge in [0.15, 0.2) is 0 Å². The molecule has 2 bridgehead atoms. The third kappa shape index (κ3) is 1.14. The smallest absolute Gasteiger partial charge is 0.00217 e. The van der Waals surface area contributed by atoms with E-state index >= 15 is 0 Å². The van der Waals surface area contributed by atoms with Crippen LogP contribution in [0.4, 0.5) is 0 Å². The van der Waals surface area contributed by atoms with Gasteiger partial charge in [-0.3, -0.25) is 0 Å². The average Bonchev–Trinajstić information content (AvgIpc) is 2.89. The first-order valence-electron chi connectivity index (χ1n) is 6.87. The van der Waals surface area contributed by atoms with Gasteiger partial charge in [-0.15, -0.1) is 0 Å². The Morgan fingerprint density at radius 1 is 1.00 bits per heavy atom. The van der Waals surface area contributed by atoms with Crippen LogP contribution < -0.4 is 0 Å². The SMILES string of the molecule is CCC1=C(c2ccccc2)C2C3C=CC(C3)C12. The highest BCUT2D eigenvalue weighted by molar-refractivity contribution is 5.79. The Bertz CT molecular complexity index is 506. The number of allylic oxidation sites excluding steroid dienone is 4. The highest BCUT2D eigenvalue weighted by Gasteiger charge is 2.53. The molecule has 3 aliphatic carbocycles. The van der Waals surface area contributed by atoms with Crippen LogP contribution >= 0.6 is 0 Å². The molecule has 0 aliphatic heterocycles. The summed E-state index contributed by atoms with van der Waals surface area (Å²) >= 11 is 0. The number of hydrogen-bond donors (Lipinski definition) is 0. The van der Waals surface area contributed by atoms with Crippen molar-refractivity contribution in [1.29, 1.82) is 0 Å². The van der Waals surface area contributed by atoms with E-state index < -0.39 is 0 Å². The van der Waals surface area contributed by atoms with E-state index in [2.05, 4.69) is 49.4 Å². The molecule has 0 saturated heterocycles. The predicted molar refractivity (Wildman–Crippen MR) is 71.4 cm³/mol. The summed E-state index contributed by atoms with van der Waals surface area (Å²) in [6, 6.07) is 11.0. The lowest BCUT2D eigenvalue weighted by Crippen LogP contribution is -2.33. The lowest BCUT2D eigenvalue weighted by molar-refractivity contribution is 0.381. The minimum Gasteiger partial charge on any atom is -0.0845 e. The predicted octanol–water partition coefficient (Wildman–Crippen LogP) is 4.30. The van der Waals surface area contributed by atoms with Gasteiger partial charge in [-0.1, -0.05) is 55.0 Å². The molecule has 3 aliphatic rings. The lowest BCUT2D eigenvalue weighted by Gasteiger charge is -2.43. The molecular weight excluding hydrogens is 204 g/mol. The van der Waals surface area contributed by atoms with Crippen LogP contribution in [0, 0.1) is 23.7 Å². The van der Waals surface area contributed by atoms with E-state index in [1.54, 1.807) is 11.1 Å². The Balaban J connectivity index is 1.80. The van der Waals surface area contributed by atoms with Crippen LogP contribution in [0.1, 0.15) is 25.3 Å². The quantitative estimate of drug-likeness (QED) is 0.654. The van der Waals surface area contributed by atoms with Gasteiger partial charge in [-0.05, 0) is 47.6 Å². The second-order valence-corrected chi connectivity index (χ2v) is 5.66. The van der Waals surface area contributed by atoms with Crippen LogP contribution in [0.2, 0.25) is 0 Å². The minimum atomic E-state index is 0.843. The second-order valence-electron chi connectivity index (χ2n) is 5.66. The monoisotopic (exact) mass is 222 g/mol. The minimum absolute atomic E-state index is 0.843. The van der Waals surface area contributed by atoms with E-state index in [9.17, 15) is 0 Å². The molecule has 0 radical (unpaired) electrons. The molecule has 17 heavy (non-hydrogen) atoms. The molecule has 0 N–H and O–H groups in total. The summed E-state index contributed by atoms with van der Waals surface area (Å²) in [7, 11) is 0. The fraction of sp³-hybridized carbons (Fsp3) is 0.412. The number of fused-ring (bicyclic) bond motifs is 5. The van der Waals surface area contributed by atoms with Crippen LogP contribution in [0.15, 0.2) is 48.1 Å². The molecule has 4 unspecified atom stereocenters. The van der Waals surface area contributed by atoms with Gasteiger partial charge in [0.05, 0.1) is 0 Å². The van der Waals surface area contributed by atoms with Gasteiger partial charge in [-0.25, -0.2) is 0 Å². The van der Waals surface area contributed by atoms with Crippen molar-refractivity contribution in [1.82, 2.24) is 0 Å². The van der Waals surface area contributed by atoms with Gasteiger partial charge >= 0.3 is 0 Å². The van der Waals surface area contributed by atoms with Crippen LogP contribution in [-0.2, 0) is 0 Å². The zero-order valence-corrected chi connectivity index (χ0v) is 10.3. The number of benzene rings is 1. The number of rotatable bonds is 2. The molecule has 0 nitrogen and oxygen atoms in total. The van der Waals surface area contributed by atoms with Gasteiger partial charge < -0.3 is 0 Å². The van der Waals surface area contributed by atoms with E-state index in [0.717, 1.165) is 23.7 Å². The van der Waals surface area contributed by atoms with E-state index in [1.165, 1.54) is 18.4 Å². The zero-order chi connectivity index (χ0) is 11.4. The van der Waals surface area contributed by atoms with Crippen molar-refractivity contribution >= 4 is 5.57 Å². The largest absolute Gasteiger partial charge is 0.0845 e. The molecule has 4 atom stereocenters. The van der Waals surface area contributed by atoms with Gasteiger partial charge in [0.2, 0.25) is 0 Å². The Kier molecular flexibility index (Phi) is 1.91. The maximum atomic E-state index is 2.48. The summed E-state index contributed by atoms with van der Waals surface area (Å²) in [6.07, 6.45) is 7.60. The van der Waals surface area contributed by atoms with Crippen molar-refractivity contribution in [2.45, 2.75) is 19.8 Å². The first-order valence-corrected chi connectivity index (χ1v) is 6.87. The average molecular weight is 222 g/mol. The van der Waals surface area contributed by atoms with E-state index in [4.69, 9.17) is 0 Å². The Labute approximate surface area is 103 Å². The van der Waals surface area contributed by atoms with Crippen molar-refractivity contribution in [3.63, 3.8) is 0 Å². The molecule has 0 heteroatoms. The van der Waals surface area contributed by atoms with Crippen LogP contribution in [-0.4, -0.2) is 0 Å². The summed E-state index contributed by atoms with van der Waals surface area (Å²) in [5, 5.41) is 0. The lowest BCUT2D eigenvalue weighted by atomic mass is 9.60. The fourth-order valence-electron chi connectivity index (χ4n) is 4.41. The molecule has 1 saturated carbocycles. The highest BCUT2D eigenvalue weighted by atomic mass is 14.6. The molecule has 4 rings (SSSR count). The van der Waals surface area contributed by atoms with Crippen LogP contribution in [0.25, 0.3) is 5.57 Å². The molecule has 0 heterocycles. The Hall–Kier alpha value is -1.30. The van der Waals surface area contributed by atoms with Crippen molar-refractivity contribution in [3.05, 3.63) is 53.6 Å². The fourth-order valence-corrected chi connectivity index (χ4v) is 4.41. The normalized spacial score (nSPS) is 37.2. The summed E-state index contributed by atoms with van der Waals surface area (Å²) in [4.78, 5) is 0. The molecule has 1 fully saturated rings. The van der Waals surface area contributed by atoms with Crippen molar-refractivity contribution in [2.24, 2.45) is 23.7 Å². The summed E-state index contributed by atoms with van der Waals surface area (Å²) in [5.41, 5.74) is 4.92. The molecule has 1 aromatic rings. The highest BCUT2D eigenvalue weighted by Crippen LogP contribution is 2.64. The van der Waals surface area contributed by atoms with Gasteiger partial charge in [-0.2, -0.15) is 0 Å². The van der Waals surface area contributed by atoms with Crippen molar-refractivity contribution in [2.75, 3.05) is 0 Å². The van der Waals surface area contributed by atoms with Gasteiger partial charge in [0.25, 0.3) is 0 Å². The number of hydrogen-bond acceptors (Lipinski definition) is 0. The van der Waals surface area contributed by atoms with Gasteiger partial charge in [0.1, 0.15) is 0 Å². The molecule has 86 valence electrons. The standard InChI is InChI=1S/C17H18/c1-2-14-15(11-6-4-3-5-7-11)17-13-9-8-12(10-13)16(14)17/h3-9,12-13,16-17H,2,10H2,1H3. The van der Waals surface area contributed by atoms with Gasteiger partial charge in [0, 0.05) is 0 Å². The topological polar surface area (TPSA) is 0 Å². The molecule has 0 spiro atoms. The summed E-state index contributed by atoms with van der Waals surface area (Å²) in [5.74, 6) is 3.45.